The maximum atomic E-state index is 12.6. The lowest BCUT2D eigenvalue weighted by Gasteiger charge is -2.30. The van der Waals surface area contributed by atoms with E-state index in [1.807, 2.05) is 0 Å². The van der Waals surface area contributed by atoms with Crippen LogP contribution >= 0.6 is 0 Å². The highest BCUT2D eigenvalue weighted by Gasteiger charge is 2.49. The smallest absolute Gasteiger partial charge is 0.330 e. The normalized spacial score (nSPS) is 21.6. The van der Waals surface area contributed by atoms with Crippen LogP contribution in [0, 0.1) is 6.92 Å². The summed E-state index contributed by atoms with van der Waals surface area (Å²) < 4.78 is 8.78. The molecule has 186 valence electrons. The summed E-state index contributed by atoms with van der Waals surface area (Å²) in [7, 11) is 0. The minimum absolute atomic E-state index is 0.00590. The third kappa shape index (κ3) is 4.08. The van der Waals surface area contributed by atoms with E-state index in [0.29, 0.717) is 22.3 Å². The number of aliphatic hydroxyl groups is 2. The van der Waals surface area contributed by atoms with E-state index in [4.69, 9.17) is 4.74 Å². The molecular weight excluding hydrogens is 470 g/mol. The van der Waals surface area contributed by atoms with E-state index in [0.717, 1.165) is 0 Å². The van der Waals surface area contributed by atoms with Crippen molar-refractivity contribution in [2.45, 2.75) is 37.8 Å². The molecule has 13 nitrogen and oxygen atoms in total. The lowest BCUT2D eigenvalue weighted by molar-refractivity contribution is -0.136. The Morgan fingerprint density at radius 1 is 1.25 bits per heavy atom. The minimum Gasteiger partial charge on any atom is -0.393 e. The number of H-pyrrole nitrogens is 1. The fourth-order valence-corrected chi connectivity index (χ4v) is 4.25. The molecule has 0 bridgehead atoms. The van der Waals surface area contributed by atoms with Crippen LogP contribution in [0.3, 0.4) is 0 Å². The minimum atomic E-state index is -1.49. The quantitative estimate of drug-likeness (QED) is 0.287. The Morgan fingerprint density at radius 3 is 2.78 bits per heavy atom. The first-order chi connectivity index (χ1) is 17.3. The molecule has 4 N–H and O–H groups in total. The summed E-state index contributed by atoms with van der Waals surface area (Å²) in [6.45, 7) is 0.923. The van der Waals surface area contributed by atoms with Crippen LogP contribution in [-0.2, 0) is 11.3 Å². The van der Waals surface area contributed by atoms with Gasteiger partial charge in [-0.1, -0.05) is 18.2 Å². The summed E-state index contributed by atoms with van der Waals surface area (Å²) >= 11 is 0. The second-order valence-electron chi connectivity index (χ2n) is 8.61. The topological polar surface area (TPSA) is 177 Å². The number of anilines is 1. The molecule has 13 heteroatoms. The fourth-order valence-electron chi connectivity index (χ4n) is 4.25. The van der Waals surface area contributed by atoms with Gasteiger partial charge in [-0.05, 0) is 19.1 Å². The second-order valence-corrected chi connectivity index (χ2v) is 8.61. The first kappa shape index (κ1) is 23.5. The Morgan fingerprint density at radius 2 is 2.03 bits per heavy atom. The summed E-state index contributed by atoms with van der Waals surface area (Å²) in [6.07, 6.45) is 2.00. The van der Waals surface area contributed by atoms with E-state index in [9.17, 15) is 24.6 Å². The molecule has 0 spiro atoms. The van der Waals surface area contributed by atoms with Crippen molar-refractivity contribution in [2.24, 2.45) is 0 Å². The Bertz CT molecular complexity index is 1550. The highest BCUT2D eigenvalue weighted by atomic mass is 16.6. The Labute approximate surface area is 203 Å². The predicted octanol–water partition coefficient (Wildman–Crippen LogP) is -0.0519. The number of benzene rings is 1. The number of imidazole rings is 1. The largest absolute Gasteiger partial charge is 0.393 e. The number of nitrogens with zero attached hydrogens (tertiary/aromatic N) is 5. The number of amides is 1. The van der Waals surface area contributed by atoms with Crippen molar-refractivity contribution in [3.63, 3.8) is 0 Å². The van der Waals surface area contributed by atoms with Crippen molar-refractivity contribution in [2.75, 3.05) is 11.9 Å². The van der Waals surface area contributed by atoms with Crippen molar-refractivity contribution in [3.05, 3.63) is 81.1 Å². The molecule has 3 atom stereocenters. The summed E-state index contributed by atoms with van der Waals surface area (Å²) in [4.78, 5) is 51.5. The molecule has 1 amide bonds. The predicted molar refractivity (Wildman–Crippen MR) is 126 cm³/mol. The highest BCUT2D eigenvalue weighted by molar-refractivity contribution is 6.06. The molecule has 1 aromatic carbocycles. The molecule has 1 fully saturated rings. The fraction of sp³-hybridized carbons (Fsp3) is 0.304. The molecule has 4 aromatic rings. The molecule has 5 rings (SSSR count). The summed E-state index contributed by atoms with van der Waals surface area (Å²) in [5.41, 5.74) is -1.27. The van der Waals surface area contributed by atoms with Crippen LogP contribution < -0.4 is 16.6 Å². The number of aryl methyl sites for hydroxylation is 1. The van der Waals surface area contributed by atoms with Crippen molar-refractivity contribution >= 4 is 22.9 Å². The van der Waals surface area contributed by atoms with Crippen molar-refractivity contribution in [1.29, 1.82) is 0 Å². The van der Waals surface area contributed by atoms with Crippen molar-refractivity contribution < 1.29 is 19.7 Å². The third-order valence-electron chi connectivity index (χ3n) is 6.23. The van der Waals surface area contributed by atoms with Gasteiger partial charge in [0.05, 0.1) is 25.6 Å². The van der Waals surface area contributed by atoms with Gasteiger partial charge in [-0.2, -0.15) is 0 Å². The van der Waals surface area contributed by atoms with Gasteiger partial charge in [-0.15, -0.1) is 0 Å². The Kier molecular flexibility index (Phi) is 5.96. The number of carbonyl (C=O) groups excluding carboxylic acids is 1. The van der Waals surface area contributed by atoms with Gasteiger partial charge in [0, 0.05) is 23.7 Å². The molecule has 36 heavy (non-hydrogen) atoms. The number of aromatic nitrogens is 6. The molecule has 0 saturated carbocycles. The monoisotopic (exact) mass is 493 g/mol. The van der Waals surface area contributed by atoms with Crippen LogP contribution in [0.4, 0.5) is 5.82 Å². The van der Waals surface area contributed by atoms with Gasteiger partial charge in [0.15, 0.2) is 17.0 Å². The van der Waals surface area contributed by atoms with Crippen LogP contribution in [0.15, 0.2) is 58.8 Å². The van der Waals surface area contributed by atoms with Crippen LogP contribution in [0.1, 0.15) is 28.6 Å². The summed E-state index contributed by atoms with van der Waals surface area (Å²) in [5, 5.41) is 23.8. The molecule has 1 saturated heterocycles. The second kappa shape index (κ2) is 9.11. The average Bonchev–Trinajstić information content (AvgIpc) is 3.43. The van der Waals surface area contributed by atoms with E-state index >= 15 is 0 Å². The molecular formula is C23H23N7O6. The zero-order valence-electron chi connectivity index (χ0n) is 19.2. The van der Waals surface area contributed by atoms with E-state index in [1.165, 1.54) is 23.4 Å². The van der Waals surface area contributed by atoms with Crippen molar-refractivity contribution in [1.82, 2.24) is 29.1 Å². The van der Waals surface area contributed by atoms with Crippen LogP contribution in [0.2, 0.25) is 0 Å². The molecule has 0 unspecified atom stereocenters. The van der Waals surface area contributed by atoms with Gasteiger partial charge in [-0.3, -0.25) is 19.1 Å². The zero-order valence-corrected chi connectivity index (χ0v) is 19.2. The van der Waals surface area contributed by atoms with E-state index < -0.39 is 35.8 Å². The van der Waals surface area contributed by atoms with Gasteiger partial charge in [-0.25, -0.2) is 19.7 Å². The number of aromatic amines is 1. The number of carbonyl (C=O) groups is 1. The lowest BCUT2D eigenvalue weighted by Crippen LogP contribution is -2.47. The van der Waals surface area contributed by atoms with Crippen LogP contribution in [0.5, 0.6) is 0 Å². The van der Waals surface area contributed by atoms with Gasteiger partial charge >= 0.3 is 5.69 Å². The number of aliphatic hydroxyl groups excluding tert-OH is 2. The maximum Gasteiger partial charge on any atom is 0.330 e. The first-order valence-corrected chi connectivity index (χ1v) is 11.1. The number of rotatable bonds is 6. The van der Waals surface area contributed by atoms with Crippen LogP contribution in [-0.4, -0.2) is 63.5 Å². The number of hydrogen-bond acceptors (Lipinski definition) is 9. The molecule has 0 aliphatic carbocycles. The van der Waals surface area contributed by atoms with Crippen molar-refractivity contribution in [3.8, 4) is 0 Å². The van der Waals surface area contributed by atoms with Gasteiger partial charge < -0.3 is 24.8 Å². The van der Waals surface area contributed by atoms with Gasteiger partial charge in [0.25, 0.3) is 11.5 Å². The third-order valence-corrected chi connectivity index (χ3v) is 6.23. The first-order valence-electron chi connectivity index (χ1n) is 11.1. The summed E-state index contributed by atoms with van der Waals surface area (Å²) in [5.74, 6) is -0.164. The van der Waals surface area contributed by atoms with Crippen LogP contribution in [0.25, 0.3) is 11.2 Å². The SMILES string of the molecule is Cc1cn([C@H]2C[C@H](O)[C@](CO)(Cn3cnc4c(NC(=O)c5ccccc5)ncnc43)O2)c(=O)[nH]c1=O. The van der Waals surface area contributed by atoms with Gasteiger partial charge in [0.2, 0.25) is 0 Å². The van der Waals surface area contributed by atoms with E-state index in [1.54, 1.807) is 41.8 Å². The Hall–Kier alpha value is -4.20. The number of nitrogens with one attached hydrogen (secondary N) is 2. The average molecular weight is 493 g/mol. The lowest BCUT2D eigenvalue weighted by atomic mass is 9.97. The van der Waals surface area contributed by atoms with Gasteiger partial charge in [0.1, 0.15) is 18.2 Å². The molecule has 1 aliphatic heterocycles. The zero-order chi connectivity index (χ0) is 25.4. The molecule has 3 aromatic heterocycles. The number of fused-ring (bicyclic) bond motifs is 1. The number of hydrogen-bond donors (Lipinski definition) is 4. The standard InChI is InChI=1S/C23H23N7O6/c1-13-8-30(22(35)28-20(13)33)16-7-15(32)23(10-31,36-16)9-29-12-26-17-18(24-11-25-19(17)29)27-21(34)14-5-3-2-4-6-14/h2-6,8,11-12,15-16,31-32H,7,9-10H2,1H3,(H,28,33,35)(H,24,25,27,34)/t15-,16+,23+/m0/s1. The maximum absolute atomic E-state index is 12.6. The number of ether oxygens (including phenoxy) is 1. The molecule has 1 aliphatic rings. The molecule has 4 heterocycles. The van der Waals surface area contributed by atoms with E-state index in [-0.39, 0.29) is 24.7 Å². The molecule has 0 radical (unpaired) electrons. The highest BCUT2D eigenvalue weighted by Crippen LogP contribution is 2.38. The van der Waals surface area contributed by atoms with E-state index in [2.05, 4.69) is 25.3 Å². The summed E-state index contributed by atoms with van der Waals surface area (Å²) in [6, 6.07) is 8.63. The Balaban J connectivity index is 1.43.